The van der Waals surface area contributed by atoms with Crippen molar-refractivity contribution >= 4 is 29.9 Å². The standard InChI is InChI=1S/C23H28N4O2.HI/c1-4-24-23(26-15-22-27-17(2)18(3)29-22)25-14-20-11-8-12-21(13-20)28-16-19-9-6-5-7-10-19;/h5-13H,4,14-16H2,1-3H3,(H2,24,25,26);1H. The van der Waals surface area contributed by atoms with Gasteiger partial charge in [-0.25, -0.2) is 9.98 Å². The minimum Gasteiger partial charge on any atom is -0.489 e. The van der Waals surface area contributed by atoms with Gasteiger partial charge in [-0.3, -0.25) is 0 Å². The number of benzene rings is 2. The van der Waals surface area contributed by atoms with Crippen LogP contribution in [0.25, 0.3) is 0 Å². The number of hydrogen-bond donors (Lipinski definition) is 2. The maximum absolute atomic E-state index is 5.91. The Labute approximate surface area is 195 Å². The largest absolute Gasteiger partial charge is 0.489 e. The first-order chi connectivity index (χ1) is 14.1. The van der Waals surface area contributed by atoms with Gasteiger partial charge in [0, 0.05) is 6.54 Å². The quantitative estimate of drug-likeness (QED) is 0.255. The topological polar surface area (TPSA) is 71.7 Å². The molecule has 2 aromatic carbocycles. The number of nitrogens with zero attached hydrogens (tertiary/aromatic N) is 2. The lowest BCUT2D eigenvalue weighted by Crippen LogP contribution is -2.36. The second-order valence-electron chi connectivity index (χ2n) is 6.72. The molecule has 1 heterocycles. The summed E-state index contributed by atoms with van der Waals surface area (Å²) in [4.78, 5) is 9.05. The van der Waals surface area contributed by atoms with Gasteiger partial charge < -0.3 is 19.8 Å². The lowest BCUT2D eigenvalue weighted by molar-refractivity contribution is 0.306. The summed E-state index contributed by atoms with van der Waals surface area (Å²) in [6.45, 7) is 8.24. The fourth-order valence-corrected chi connectivity index (χ4v) is 2.76. The van der Waals surface area contributed by atoms with Gasteiger partial charge in [-0.1, -0.05) is 42.5 Å². The Hall–Kier alpha value is -2.55. The Morgan fingerprint density at radius 2 is 1.80 bits per heavy atom. The van der Waals surface area contributed by atoms with Gasteiger partial charge in [-0.05, 0) is 44.0 Å². The summed E-state index contributed by atoms with van der Waals surface area (Å²) in [6, 6.07) is 18.2. The van der Waals surface area contributed by atoms with E-state index >= 15 is 0 Å². The molecule has 0 unspecified atom stereocenters. The molecule has 0 aliphatic rings. The highest BCUT2D eigenvalue weighted by Crippen LogP contribution is 2.16. The van der Waals surface area contributed by atoms with E-state index < -0.39 is 0 Å². The number of oxazole rings is 1. The highest BCUT2D eigenvalue weighted by molar-refractivity contribution is 14.0. The van der Waals surface area contributed by atoms with Crippen LogP contribution in [0.4, 0.5) is 0 Å². The number of halogens is 1. The molecule has 3 aromatic rings. The number of guanidine groups is 1. The molecule has 2 N–H and O–H groups in total. The number of aryl methyl sites for hydroxylation is 2. The van der Waals surface area contributed by atoms with Crippen LogP contribution in [-0.4, -0.2) is 17.5 Å². The SMILES string of the molecule is CCNC(=NCc1cccc(OCc2ccccc2)c1)NCc1nc(C)c(C)o1.I. The van der Waals surface area contributed by atoms with Crippen LogP contribution in [0.1, 0.15) is 35.4 Å². The summed E-state index contributed by atoms with van der Waals surface area (Å²) in [5.74, 6) is 3.06. The molecule has 0 bridgehead atoms. The van der Waals surface area contributed by atoms with Crippen molar-refractivity contribution in [2.75, 3.05) is 6.54 Å². The predicted molar refractivity (Wildman–Crippen MR) is 130 cm³/mol. The Morgan fingerprint density at radius 3 is 2.50 bits per heavy atom. The predicted octanol–water partition coefficient (Wildman–Crippen LogP) is 4.74. The number of ether oxygens (including phenoxy) is 1. The molecule has 0 saturated heterocycles. The van der Waals surface area contributed by atoms with Crippen molar-refractivity contribution in [3.63, 3.8) is 0 Å². The zero-order valence-corrected chi connectivity index (χ0v) is 20.0. The van der Waals surface area contributed by atoms with Gasteiger partial charge in [0.2, 0.25) is 5.89 Å². The van der Waals surface area contributed by atoms with E-state index in [0.29, 0.717) is 25.6 Å². The van der Waals surface area contributed by atoms with Crippen molar-refractivity contribution in [2.45, 2.75) is 40.5 Å². The van der Waals surface area contributed by atoms with Crippen molar-refractivity contribution in [3.05, 3.63) is 83.1 Å². The minimum absolute atomic E-state index is 0. The van der Waals surface area contributed by atoms with Crippen LogP contribution >= 0.6 is 24.0 Å². The van der Waals surface area contributed by atoms with Crippen LogP contribution in [0.5, 0.6) is 5.75 Å². The second kappa shape index (κ2) is 12.2. The van der Waals surface area contributed by atoms with Crippen LogP contribution in [0.15, 0.2) is 64.0 Å². The van der Waals surface area contributed by atoms with Gasteiger partial charge in [0.25, 0.3) is 0 Å². The van der Waals surface area contributed by atoms with Gasteiger partial charge in [-0.2, -0.15) is 0 Å². The molecule has 6 nitrogen and oxygen atoms in total. The molecule has 30 heavy (non-hydrogen) atoms. The summed E-state index contributed by atoms with van der Waals surface area (Å²) in [5, 5.41) is 6.50. The summed E-state index contributed by atoms with van der Waals surface area (Å²) < 4.78 is 11.5. The first-order valence-corrected chi connectivity index (χ1v) is 9.85. The van der Waals surface area contributed by atoms with Crippen molar-refractivity contribution in [1.82, 2.24) is 15.6 Å². The van der Waals surface area contributed by atoms with Crippen LogP contribution in [0.2, 0.25) is 0 Å². The van der Waals surface area contributed by atoms with Crippen molar-refractivity contribution in [2.24, 2.45) is 4.99 Å². The number of aliphatic imine (C=N–C) groups is 1. The van der Waals surface area contributed by atoms with Crippen LogP contribution < -0.4 is 15.4 Å². The highest BCUT2D eigenvalue weighted by Gasteiger charge is 2.06. The Morgan fingerprint density at radius 1 is 1.03 bits per heavy atom. The first kappa shape index (κ1) is 23.7. The van der Waals surface area contributed by atoms with E-state index in [2.05, 4.69) is 32.7 Å². The number of hydrogen-bond acceptors (Lipinski definition) is 4. The minimum atomic E-state index is 0. The Balaban J connectivity index is 0.00000320. The van der Waals surface area contributed by atoms with Gasteiger partial charge in [0.15, 0.2) is 5.96 Å². The van der Waals surface area contributed by atoms with E-state index in [-0.39, 0.29) is 24.0 Å². The van der Waals surface area contributed by atoms with Crippen molar-refractivity contribution in [1.29, 1.82) is 0 Å². The van der Waals surface area contributed by atoms with Gasteiger partial charge >= 0.3 is 0 Å². The van der Waals surface area contributed by atoms with E-state index in [0.717, 1.165) is 40.8 Å². The van der Waals surface area contributed by atoms with Gasteiger partial charge in [-0.15, -0.1) is 24.0 Å². The smallest absolute Gasteiger partial charge is 0.214 e. The fourth-order valence-electron chi connectivity index (χ4n) is 2.76. The molecule has 7 heteroatoms. The average Bonchev–Trinajstić information content (AvgIpc) is 3.07. The van der Waals surface area contributed by atoms with E-state index in [9.17, 15) is 0 Å². The molecular weight excluding hydrogens is 491 g/mol. The number of nitrogens with one attached hydrogen (secondary N) is 2. The molecular formula is C23H29IN4O2. The maximum Gasteiger partial charge on any atom is 0.214 e. The van der Waals surface area contributed by atoms with Gasteiger partial charge in [0.1, 0.15) is 18.1 Å². The van der Waals surface area contributed by atoms with Crippen LogP contribution in [-0.2, 0) is 19.7 Å². The van der Waals surface area contributed by atoms with E-state index in [1.807, 2.05) is 63.2 Å². The third-order valence-electron chi connectivity index (χ3n) is 4.39. The third-order valence-corrected chi connectivity index (χ3v) is 4.39. The molecule has 160 valence electrons. The summed E-state index contributed by atoms with van der Waals surface area (Å²) in [5.41, 5.74) is 3.14. The van der Waals surface area contributed by atoms with Crippen LogP contribution in [0.3, 0.4) is 0 Å². The van der Waals surface area contributed by atoms with E-state index in [4.69, 9.17) is 9.15 Å². The summed E-state index contributed by atoms with van der Waals surface area (Å²) >= 11 is 0. The number of aromatic nitrogens is 1. The van der Waals surface area contributed by atoms with Crippen LogP contribution in [0, 0.1) is 13.8 Å². The maximum atomic E-state index is 5.91. The summed E-state index contributed by atoms with van der Waals surface area (Å²) in [6.07, 6.45) is 0. The molecule has 0 aliphatic carbocycles. The lowest BCUT2D eigenvalue weighted by Gasteiger charge is -2.10. The average molecular weight is 520 g/mol. The van der Waals surface area contributed by atoms with E-state index in [1.165, 1.54) is 0 Å². The lowest BCUT2D eigenvalue weighted by atomic mass is 10.2. The third kappa shape index (κ3) is 7.37. The number of rotatable bonds is 8. The Kier molecular flexibility index (Phi) is 9.66. The monoisotopic (exact) mass is 520 g/mol. The second-order valence-corrected chi connectivity index (χ2v) is 6.72. The molecule has 0 aliphatic heterocycles. The molecule has 0 fully saturated rings. The fraction of sp³-hybridized carbons (Fsp3) is 0.304. The first-order valence-electron chi connectivity index (χ1n) is 9.85. The van der Waals surface area contributed by atoms with E-state index in [1.54, 1.807) is 0 Å². The van der Waals surface area contributed by atoms with Crippen molar-refractivity contribution < 1.29 is 9.15 Å². The molecule has 0 radical (unpaired) electrons. The molecule has 0 saturated carbocycles. The zero-order chi connectivity index (χ0) is 20.5. The molecule has 1 aromatic heterocycles. The molecule has 0 spiro atoms. The zero-order valence-electron chi connectivity index (χ0n) is 17.6. The molecule has 0 atom stereocenters. The normalized spacial score (nSPS) is 11.0. The van der Waals surface area contributed by atoms with Gasteiger partial charge in [0.05, 0.1) is 18.8 Å². The van der Waals surface area contributed by atoms with Crippen molar-refractivity contribution in [3.8, 4) is 5.75 Å². The molecule has 3 rings (SSSR count). The highest BCUT2D eigenvalue weighted by atomic mass is 127. The summed E-state index contributed by atoms with van der Waals surface area (Å²) in [7, 11) is 0. The Bertz CT molecular complexity index is 922. The molecule has 0 amide bonds.